The first kappa shape index (κ1) is 20.8. The first-order valence-corrected chi connectivity index (χ1v) is 10.8. The standard InChI is InChI=1S/C25H20N4O3S/c30-24(31)18-9-2-1-8-17(18)20-11-12-21(32-20)23-22(19-10-4-6-14-27-19)28-25(33)29(23)15-16-7-3-5-13-26-16/h1-14,22-23H,15H2,(H,28,33)(H,30,31)/t22-,23+/m0/s1. The molecule has 164 valence electrons. The largest absolute Gasteiger partial charge is 0.478 e. The average Bonchev–Trinajstić information content (AvgIpc) is 3.45. The number of aromatic carboxylic acids is 1. The summed E-state index contributed by atoms with van der Waals surface area (Å²) in [6, 6.07) is 21.4. The lowest BCUT2D eigenvalue weighted by Gasteiger charge is -2.25. The third-order valence-electron chi connectivity index (χ3n) is 5.60. The fourth-order valence-electron chi connectivity index (χ4n) is 4.09. The molecule has 7 nitrogen and oxygen atoms in total. The smallest absolute Gasteiger partial charge is 0.336 e. The summed E-state index contributed by atoms with van der Waals surface area (Å²) in [5, 5.41) is 13.5. The molecule has 8 heteroatoms. The van der Waals surface area contributed by atoms with E-state index in [1.807, 2.05) is 47.4 Å². The van der Waals surface area contributed by atoms with Gasteiger partial charge in [-0.1, -0.05) is 30.3 Å². The third kappa shape index (κ3) is 4.08. The highest BCUT2D eigenvalue weighted by atomic mass is 32.1. The van der Waals surface area contributed by atoms with Crippen LogP contribution in [0.3, 0.4) is 0 Å². The third-order valence-corrected chi connectivity index (χ3v) is 5.95. The molecular formula is C25H20N4O3S. The van der Waals surface area contributed by atoms with Gasteiger partial charge in [0.1, 0.15) is 17.6 Å². The molecule has 1 aromatic carbocycles. The van der Waals surface area contributed by atoms with E-state index in [4.69, 9.17) is 16.6 Å². The van der Waals surface area contributed by atoms with Crippen LogP contribution in [0.5, 0.6) is 0 Å². The topological polar surface area (TPSA) is 91.5 Å². The number of carbonyl (C=O) groups is 1. The van der Waals surface area contributed by atoms with Crippen molar-refractivity contribution in [2.75, 3.05) is 0 Å². The number of nitrogens with one attached hydrogen (secondary N) is 1. The van der Waals surface area contributed by atoms with E-state index in [9.17, 15) is 9.90 Å². The van der Waals surface area contributed by atoms with Crippen LogP contribution in [0.25, 0.3) is 11.3 Å². The molecule has 0 saturated carbocycles. The highest BCUT2D eigenvalue weighted by Crippen LogP contribution is 2.41. The fourth-order valence-corrected chi connectivity index (χ4v) is 4.40. The highest BCUT2D eigenvalue weighted by Gasteiger charge is 2.42. The number of aromatic nitrogens is 2. The Bertz CT molecular complexity index is 1290. The molecule has 0 amide bonds. The summed E-state index contributed by atoms with van der Waals surface area (Å²) in [5.74, 6) is 0.137. The Morgan fingerprint density at radius 3 is 2.48 bits per heavy atom. The molecule has 4 aromatic rings. The number of thiocarbonyl (C=S) groups is 1. The van der Waals surface area contributed by atoms with E-state index in [0.29, 0.717) is 28.7 Å². The van der Waals surface area contributed by atoms with Crippen LogP contribution in [-0.4, -0.2) is 31.1 Å². The van der Waals surface area contributed by atoms with Gasteiger partial charge in [-0.05, 0) is 54.7 Å². The van der Waals surface area contributed by atoms with Gasteiger partial charge in [0, 0.05) is 18.0 Å². The molecule has 0 radical (unpaired) electrons. The van der Waals surface area contributed by atoms with Crippen LogP contribution in [0.1, 0.15) is 39.6 Å². The predicted octanol–water partition coefficient (Wildman–Crippen LogP) is 4.61. The van der Waals surface area contributed by atoms with Gasteiger partial charge in [-0.2, -0.15) is 0 Å². The van der Waals surface area contributed by atoms with Gasteiger partial charge >= 0.3 is 5.97 Å². The lowest BCUT2D eigenvalue weighted by Crippen LogP contribution is -2.29. The summed E-state index contributed by atoms with van der Waals surface area (Å²) in [7, 11) is 0. The van der Waals surface area contributed by atoms with Crippen LogP contribution in [0.4, 0.5) is 0 Å². The van der Waals surface area contributed by atoms with Crippen LogP contribution in [0.15, 0.2) is 89.6 Å². The molecule has 0 aliphatic carbocycles. The minimum Gasteiger partial charge on any atom is -0.478 e. The van der Waals surface area contributed by atoms with Crippen LogP contribution >= 0.6 is 12.2 Å². The van der Waals surface area contributed by atoms with Crippen LogP contribution in [-0.2, 0) is 6.54 Å². The van der Waals surface area contributed by atoms with Gasteiger partial charge in [-0.25, -0.2) is 4.79 Å². The Hall–Kier alpha value is -4.04. The molecule has 2 atom stereocenters. The molecule has 3 aromatic heterocycles. The Morgan fingerprint density at radius 2 is 1.76 bits per heavy atom. The Kier molecular flexibility index (Phi) is 5.58. The van der Waals surface area contributed by atoms with Gasteiger partial charge in [-0.3, -0.25) is 9.97 Å². The fraction of sp³-hybridized carbons (Fsp3) is 0.120. The number of pyridine rings is 2. The number of furan rings is 1. The van der Waals surface area contributed by atoms with Crippen molar-refractivity contribution in [1.82, 2.24) is 20.2 Å². The summed E-state index contributed by atoms with van der Waals surface area (Å²) in [6.45, 7) is 0.489. The zero-order valence-corrected chi connectivity index (χ0v) is 18.3. The lowest BCUT2D eigenvalue weighted by atomic mass is 10.0. The normalized spacial score (nSPS) is 17.7. The van der Waals surface area contributed by atoms with E-state index in [1.165, 1.54) is 0 Å². The summed E-state index contributed by atoms with van der Waals surface area (Å²) < 4.78 is 6.26. The average molecular weight is 457 g/mol. The minimum absolute atomic E-state index is 0.185. The van der Waals surface area contributed by atoms with Crippen molar-refractivity contribution in [1.29, 1.82) is 0 Å². The molecule has 0 unspecified atom stereocenters. The van der Waals surface area contributed by atoms with E-state index in [0.717, 1.165) is 11.4 Å². The van der Waals surface area contributed by atoms with Crippen molar-refractivity contribution in [3.05, 3.63) is 108 Å². The molecule has 1 fully saturated rings. The Morgan fingerprint density at radius 1 is 1.00 bits per heavy atom. The Balaban J connectivity index is 1.56. The highest BCUT2D eigenvalue weighted by molar-refractivity contribution is 7.80. The number of rotatable bonds is 6. The lowest BCUT2D eigenvalue weighted by molar-refractivity contribution is 0.0697. The van der Waals surface area contributed by atoms with E-state index in [2.05, 4.69) is 15.3 Å². The summed E-state index contributed by atoms with van der Waals surface area (Å²) in [6.07, 6.45) is 3.50. The first-order valence-electron chi connectivity index (χ1n) is 10.4. The van der Waals surface area contributed by atoms with Crippen molar-refractivity contribution >= 4 is 23.3 Å². The molecule has 1 aliphatic rings. The second-order valence-corrected chi connectivity index (χ2v) is 8.02. The van der Waals surface area contributed by atoms with Gasteiger partial charge in [0.15, 0.2) is 5.11 Å². The second kappa shape index (κ2) is 8.84. The van der Waals surface area contributed by atoms with Gasteiger partial charge in [0.25, 0.3) is 0 Å². The van der Waals surface area contributed by atoms with Crippen molar-refractivity contribution in [2.45, 2.75) is 18.6 Å². The maximum absolute atomic E-state index is 11.7. The Labute approximate surface area is 195 Å². The molecule has 33 heavy (non-hydrogen) atoms. The van der Waals surface area contributed by atoms with Crippen molar-refractivity contribution < 1.29 is 14.3 Å². The number of carboxylic acid groups (broad SMARTS) is 1. The summed E-state index contributed by atoms with van der Waals surface area (Å²) >= 11 is 5.69. The van der Waals surface area contributed by atoms with E-state index < -0.39 is 5.97 Å². The van der Waals surface area contributed by atoms with E-state index in [1.54, 1.807) is 42.7 Å². The molecule has 4 heterocycles. The molecule has 0 bridgehead atoms. The van der Waals surface area contributed by atoms with Crippen LogP contribution in [0, 0.1) is 0 Å². The van der Waals surface area contributed by atoms with Gasteiger partial charge in [0.2, 0.25) is 0 Å². The van der Waals surface area contributed by atoms with Gasteiger partial charge in [-0.15, -0.1) is 0 Å². The van der Waals surface area contributed by atoms with Crippen LogP contribution < -0.4 is 5.32 Å². The van der Waals surface area contributed by atoms with Gasteiger partial charge in [0.05, 0.1) is 29.5 Å². The summed E-state index contributed by atoms with van der Waals surface area (Å²) in [5.41, 5.74) is 2.41. The maximum atomic E-state index is 11.7. The number of nitrogens with zero attached hydrogens (tertiary/aromatic N) is 3. The number of benzene rings is 1. The number of carboxylic acids is 1. The van der Waals surface area contributed by atoms with Crippen molar-refractivity contribution in [3.8, 4) is 11.3 Å². The van der Waals surface area contributed by atoms with E-state index in [-0.39, 0.29) is 17.6 Å². The first-order chi connectivity index (χ1) is 16.1. The maximum Gasteiger partial charge on any atom is 0.336 e. The zero-order chi connectivity index (χ0) is 22.8. The number of hydrogen-bond acceptors (Lipinski definition) is 5. The zero-order valence-electron chi connectivity index (χ0n) is 17.5. The molecule has 0 spiro atoms. The number of hydrogen-bond donors (Lipinski definition) is 2. The quantitative estimate of drug-likeness (QED) is 0.407. The van der Waals surface area contributed by atoms with Crippen molar-refractivity contribution in [3.63, 3.8) is 0 Å². The second-order valence-electron chi connectivity index (χ2n) is 7.63. The molecule has 5 rings (SSSR count). The van der Waals surface area contributed by atoms with Crippen molar-refractivity contribution in [2.24, 2.45) is 0 Å². The molecule has 1 saturated heterocycles. The molecule has 1 aliphatic heterocycles. The molecule has 2 N–H and O–H groups in total. The predicted molar refractivity (Wildman–Crippen MR) is 126 cm³/mol. The van der Waals surface area contributed by atoms with Gasteiger partial charge < -0.3 is 19.7 Å². The van der Waals surface area contributed by atoms with E-state index >= 15 is 0 Å². The monoisotopic (exact) mass is 456 g/mol. The van der Waals surface area contributed by atoms with Crippen LogP contribution in [0.2, 0.25) is 0 Å². The molecular weight excluding hydrogens is 436 g/mol. The SMILES string of the molecule is O=C(O)c1ccccc1-c1ccc([C@@H]2[C@H](c3ccccn3)NC(=S)N2Cc2ccccn2)o1. The minimum atomic E-state index is -1.00. The summed E-state index contributed by atoms with van der Waals surface area (Å²) in [4.78, 5) is 22.7.